The second kappa shape index (κ2) is 8.53. The summed E-state index contributed by atoms with van der Waals surface area (Å²) in [6, 6.07) is 10.0. The van der Waals surface area contributed by atoms with Gasteiger partial charge in [0.15, 0.2) is 0 Å². The van der Waals surface area contributed by atoms with Gasteiger partial charge in [0.1, 0.15) is 6.61 Å². The Bertz CT molecular complexity index is 338. The molecule has 0 unspecified atom stereocenters. The van der Waals surface area contributed by atoms with Crippen molar-refractivity contribution < 1.29 is 14.3 Å². The molecule has 0 bridgehead atoms. The van der Waals surface area contributed by atoms with Crippen LogP contribution in [-0.2, 0) is 15.9 Å². The highest BCUT2D eigenvalue weighted by Crippen LogP contribution is 1.98. The molecule has 100 valence electrons. The van der Waals surface area contributed by atoms with Crippen LogP contribution in [0.4, 0.5) is 4.79 Å². The third-order valence-corrected chi connectivity index (χ3v) is 2.29. The summed E-state index contributed by atoms with van der Waals surface area (Å²) < 4.78 is 10.2. The summed E-state index contributed by atoms with van der Waals surface area (Å²) in [7, 11) is 0. The molecule has 0 aromatic heterocycles. The number of hydrogen-bond donors (Lipinski definition) is 1. The molecule has 0 aliphatic rings. The van der Waals surface area contributed by atoms with Gasteiger partial charge in [-0.15, -0.1) is 0 Å². The molecule has 0 heterocycles. The Morgan fingerprint density at radius 2 is 1.94 bits per heavy atom. The number of ether oxygens (including phenoxy) is 2. The fourth-order valence-electron chi connectivity index (χ4n) is 1.42. The van der Waals surface area contributed by atoms with Crippen molar-refractivity contribution in [2.45, 2.75) is 26.4 Å². The first-order chi connectivity index (χ1) is 8.68. The van der Waals surface area contributed by atoms with E-state index in [-0.39, 0.29) is 12.7 Å². The van der Waals surface area contributed by atoms with Gasteiger partial charge in [-0.05, 0) is 25.8 Å². The molecular formula is C14H21NO3. The summed E-state index contributed by atoms with van der Waals surface area (Å²) in [5.41, 5.74) is 1.20. The standard InChI is InChI=1S/C14H21NO3/c1-12(2)17-10-11-18-14(16)15-9-8-13-6-4-3-5-7-13/h3-7,12H,8-11H2,1-2H3,(H,15,16). The molecule has 0 spiro atoms. The molecule has 1 aromatic carbocycles. The number of benzene rings is 1. The summed E-state index contributed by atoms with van der Waals surface area (Å²) >= 11 is 0. The summed E-state index contributed by atoms with van der Waals surface area (Å²) in [6.07, 6.45) is 0.575. The topological polar surface area (TPSA) is 47.6 Å². The van der Waals surface area contributed by atoms with Crippen LogP contribution >= 0.6 is 0 Å². The van der Waals surface area contributed by atoms with Crippen LogP contribution in [0.2, 0.25) is 0 Å². The van der Waals surface area contributed by atoms with Crippen LogP contribution < -0.4 is 5.32 Å². The number of carbonyl (C=O) groups is 1. The second-order valence-electron chi connectivity index (χ2n) is 4.22. The Kier molecular flexibility index (Phi) is 6.87. The van der Waals surface area contributed by atoms with Crippen molar-refractivity contribution in [2.75, 3.05) is 19.8 Å². The summed E-state index contributed by atoms with van der Waals surface area (Å²) in [5.74, 6) is 0. The Morgan fingerprint density at radius 3 is 2.61 bits per heavy atom. The van der Waals surface area contributed by atoms with Gasteiger partial charge >= 0.3 is 6.09 Å². The highest BCUT2D eigenvalue weighted by Gasteiger charge is 2.01. The molecule has 4 nitrogen and oxygen atoms in total. The van der Waals surface area contributed by atoms with Crippen molar-refractivity contribution in [1.82, 2.24) is 5.32 Å². The van der Waals surface area contributed by atoms with Gasteiger partial charge < -0.3 is 14.8 Å². The minimum Gasteiger partial charge on any atom is -0.447 e. The molecule has 0 fully saturated rings. The van der Waals surface area contributed by atoms with E-state index in [1.807, 2.05) is 44.2 Å². The smallest absolute Gasteiger partial charge is 0.407 e. The zero-order valence-electron chi connectivity index (χ0n) is 11.0. The highest BCUT2D eigenvalue weighted by atomic mass is 16.6. The first-order valence-corrected chi connectivity index (χ1v) is 6.24. The van der Waals surface area contributed by atoms with Crippen LogP contribution in [0.3, 0.4) is 0 Å². The van der Waals surface area contributed by atoms with Crippen LogP contribution in [0.25, 0.3) is 0 Å². The van der Waals surface area contributed by atoms with E-state index in [9.17, 15) is 4.79 Å². The number of hydrogen-bond acceptors (Lipinski definition) is 3. The van der Waals surface area contributed by atoms with Crippen molar-refractivity contribution in [3.8, 4) is 0 Å². The summed E-state index contributed by atoms with van der Waals surface area (Å²) in [6.45, 7) is 5.19. The van der Waals surface area contributed by atoms with E-state index >= 15 is 0 Å². The van der Waals surface area contributed by atoms with Crippen molar-refractivity contribution in [3.05, 3.63) is 35.9 Å². The molecule has 0 aliphatic heterocycles. The Labute approximate surface area is 108 Å². The monoisotopic (exact) mass is 251 g/mol. The molecule has 18 heavy (non-hydrogen) atoms. The molecular weight excluding hydrogens is 230 g/mol. The third-order valence-electron chi connectivity index (χ3n) is 2.29. The molecule has 0 saturated heterocycles. The van der Waals surface area contributed by atoms with E-state index in [0.29, 0.717) is 13.2 Å². The Morgan fingerprint density at radius 1 is 1.22 bits per heavy atom. The molecule has 1 N–H and O–H groups in total. The lowest BCUT2D eigenvalue weighted by atomic mass is 10.1. The molecule has 1 rings (SSSR count). The van der Waals surface area contributed by atoms with Crippen LogP contribution in [0, 0.1) is 0 Å². The number of amides is 1. The average molecular weight is 251 g/mol. The fourth-order valence-corrected chi connectivity index (χ4v) is 1.42. The van der Waals surface area contributed by atoms with Crippen LogP contribution in [0.1, 0.15) is 19.4 Å². The summed E-state index contributed by atoms with van der Waals surface area (Å²) in [5, 5.41) is 2.70. The van der Waals surface area contributed by atoms with Crippen molar-refractivity contribution in [3.63, 3.8) is 0 Å². The Balaban J connectivity index is 2.03. The SMILES string of the molecule is CC(C)OCCOC(=O)NCCc1ccccc1. The van der Waals surface area contributed by atoms with E-state index in [0.717, 1.165) is 6.42 Å². The maximum atomic E-state index is 11.3. The first-order valence-electron chi connectivity index (χ1n) is 6.24. The van der Waals surface area contributed by atoms with Gasteiger partial charge in [0.2, 0.25) is 0 Å². The third kappa shape index (κ3) is 6.91. The lowest BCUT2D eigenvalue weighted by Crippen LogP contribution is -2.27. The minimum absolute atomic E-state index is 0.162. The van der Waals surface area contributed by atoms with Gasteiger partial charge in [0, 0.05) is 6.54 Å². The zero-order valence-corrected chi connectivity index (χ0v) is 11.0. The Hall–Kier alpha value is -1.55. The lowest BCUT2D eigenvalue weighted by molar-refractivity contribution is 0.0396. The number of nitrogens with one attached hydrogen (secondary N) is 1. The molecule has 1 amide bonds. The van der Waals surface area contributed by atoms with E-state index < -0.39 is 6.09 Å². The lowest BCUT2D eigenvalue weighted by Gasteiger charge is -2.09. The number of rotatable bonds is 7. The molecule has 0 saturated carbocycles. The van der Waals surface area contributed by atoms with Crippen LogP contribution in [0.15, 0.2) is 30.3 Å². The van der Waals surface area contributed by atoms with Gasteiger partial charge in [-0.2, -0.15) is 0 Å². The van der Waals surface area contributed by atoms with Crippen molar-refractivity contribution in [2.24, 2.45) is 0 Å². The maximum Gasteiger partial charge on any atom is 0.407 e. The van der Waals surface area contributed by atoms with E-state index in [2.05, 4.69) is 5.32 Å². The van der Waals surface area contributed by atoms with Gasteiger partial charge in [0.25, 0.3) is 0 Å². The molecule has 0 aliphatic carbocycles. The van der Waals surface area contributed by atoms with E-state index in [1.54, 1.807) is 0 Å². The molecule has 0 radical (unpaired) electrons. The minimum atomic E-state index is -0.390. The molecule has 0 atom stereocenters. The summed E-state index contributed by atoms with van der Waals surface area (Å²) in [4.78, 5) is 11.3. The normalized spacial score (nSPS) is 10.4. The van der Waals surface area contributed by atoms with Gasteiger partial charge in [-0.3, -0.25) is 0 Å². The fraction of sp³-hybridized carbons (Fsp3) is 0.500. The predicted molar refractivity (Wildman–Crippen MR) is 70.6 cm³/mol. The highest BCUT2D eigenvalue weighted by molar-refractivity contribution is 5.67. The second-order valence-corrected chi connectivity index (χ2v) is 4.22. The van der Waals surface area contributed by atoms with Gasteiger partial charge in [0.05, 0.1) is 12.7 Å². The van der Waals surface area contributed by atoms with E-state index in [1.165, 1.54) is 5.56 Å². The number of carbonyl (C=O) groups excluding carboxylic acids is 1. The largest absolute Gasteiger partial charge is 0.447 e. The van der Waals surface area contributed by atoms with Gasteiger partial charge in [-0.1, -0.05) is 30.3 Å². The quantitative estimate of drug-likeness (QED) is 0.757. The van der Waals surface area contributed by atoms with Crippen LogP contribution in [-0.4, -0.2) is 32.0 Å². The first kappa shape index (κ1) is 14.5. The van der Waals surface area contributed by atoms with Crippen molar-refractivity contribution in [1.29, 1.82) is 0 Å². The van der Waals surface area contributed by atoms with Crippen molar-refractivity contribution >= 4 is 6.09 Å². The maximum absolute atomic E-state index is 11.3. The predicted octanol–water partition coefficient (Wildman–Crippen LogP) is 2.38. The number of alkyl carbamates (subject to hydrolysis) is 1. The molecule has 1 aromatic rings. The zero-order chi connectivity index (χ0) is 13.2. The van der Waals surface area contributed by atoms with Crippen LogP contribution in [0.5, 0.6) is 0 Å². The van der Waals surface area contributed by atoms with E-state index in [4.69, 9.17) is 9.47 Å². The van der Waals surface area contributed by atoms with Gasteiger partial charge in [-0.25, -0.2) is 4.79 Å². The molecule has 4 heteroatoms. The average Bonchev–Trinajstić information content (AvgIpc) is 2.36.